The van der Waals surface area contributed by atoms with Crippen LogP contribution in [0.3, 0.4) is 0 Å². The Morgan fingerprint density at radius 2 is 2.25 bits per heavy atom. The zero-order valence-electron chi connectivity index (χ0n) is 11.1. The van der Waals surface area contributed by atoms with Crippen molar-refractivity contribution in [3.8, 4) is 0 Å². The van der Waals surface area contributed by atoms with Crippen LogP contribution in [-0.4, -0.2) is 27.5 Å². The first kappa shape index (κ1) is 14.7. The van der Waals surface area contributed by atoms with Crippen LogP contribution in [0.5, 0.6) is 0 Å². The lowest BCUT2D eigenvalue weighted by molar-refractivity contribution is 0.0525. The molecule has 0 amide bonds. The predicted molar refractivity (Wildman–Crippen MR) is 78.8 cm³/mol. The van der Waals surface area contributed by atoms with Gasteiger partial charge < -0.3 is 10.5 Å². The Labute approximate surface area is 124 Å². The highest BCUT2D eigenvalue weighted by atomic mass is 32.2. The van der Waals surface area contributed by atoms with Crippen LogP contribution in [0.1, 0.15) is 28.1 Å². The van der Waals surface area contributed by atoms with Gasteiger partial charge in [-0.2, -0.15) is 0 Å². The number of aromatic nitrogens is 3. The van der Waals surface area contributed by atoms with E-state index in [4.69, 9.17) is 10.5 Å². The van der Waals surface area contributed by atoms with Gasteiger partial charge in [-0.1, -0.05) is 11.8 Å². The van der Waals surface area contributed by atoms with E-state index in [-0.39, 0.29) is 5.97 Å². The van der Waals surface area contributed by atoms with Crippen molar-refractivity contribution in [3.05, 3.63) is 27.8 Å². The molecular weight excluding hydrogens is 296 g/mol. The van der Waals surface area contributed by atoms with Crippen molar-refractivity contribution in [2.24, 2.45) is 0 Å². The Kier molecular flexibility index (Phi) is 4.91. The number of ether oxygens (including phenoxy) is 1. The summed E-state index contributed by atoms with van der Waals surface area (Å²) >= 11 is 2.70. The van der Waals surface area contributed by atoms with E-state index >= 15 is 0 Å². The van der Waals surface area contributed by atoms with Crippen LogP contribution in [0.4, 0.5) is 5.82 Å². The molecule has 0 aliphatic heterocycles. The minimum absolute atomic E-state index is 0.346. The molecule has 2 rings (SSSR count). The maximum absolute atomic E-state index is 11.5. The van der Waals surface area contributed by atoms with Crippen molar-refractivity contribution in [3.63, 3.8) is 0 Å². The third-order valence-corrected chi connectivity index (χ3v) is 3.96. The number of nitrogens with two attached hydrogens (primary N) is 1. The summed E-state index contributed by atoms with van der Waals surface area (Å²) < 4.78 is 4.90. The van der Waals surface area contributed by atoms with E-state index in [1.165, 1.54) is 23.1 Å². The Bertz CT molecular complexity index is 595. The lowest BCUT2D eigenvalue weighted by Crippen LogP contribution is -2.04. The van der Waals surface area contributed by atoms with Gasteiger partial charge in [-0.3, -0.25) is 0 Å². The largest absolute Gasteiger partial charge is 0.461 e. The summed E-state index contributed by atoms with van der Waals surface area (Å²) in [7, 11) is 0. The average Bonchev–Trinajstić information content (AvgIpc) is 2.84. The number of aryl methyl sites for hydroxylation is 1. The first-order valence-corrected chi connectivity index (χ1v) is 7.80. The third-order valence-electron chi connectivity index (χ3n) is 2.20. The maximum Gasteiger partial charge on any atom is 0.367 e. The number of nitrogens with zero attached hydrogens (tertiary/aromatic N) is 3. The van der Waals surface area contributed by atoms with Crippen LogP contribution in [0, 0.1) is 6.92 Å². The van der Waals surface area contributed by atoms with Gasteiger partial charge in [0, 0.05) is 22.9 Å². The minimum atomic E-state index is -0.384. The standard InChI is InChI=1S/C12H14N4O2S2/c1-3-18-11(17)10-15-8(5-19-10)6-20-12-14-7(2)4-9(13)16-12/h4-5H,3,6H2,1-2H3,(H2,13,14,16). The van der Waals surface area contributed by atoms with Gasteiger partial charge in [0.25, 0.3) is 0 Å². The van der Waals surface area contributed by atoms with Gasteiger partial charge in [-0.15, -0.1) is 11.3 Å². The predicted octanol–water partition coefficient (Wildman–Crippen LogP) is 2.29. The number of carbonyl (C=O) groups is 1. The SMILES string of the molecule is CCOC(=O)c1nc(CSc2nc(C)cc(N)n2)cs1. The molecule has 0 atom stereocenters. The Hall–Kier alpha value is -1.67. The molecular formula is C12H14N4O2S2. The van der Waals surface area contributed by atoms with E-state index in [1.54, 1.807) is 13.0 Å². The van der Waals surface area contributed by atoms with Crippen molar-refractivity contribution in [2.75, 3.05) is 12.3 Å². The number of thioether (sulfide) groups is 1. The summed E-state index contributed by atoms with van der Waals surface area (Å²) in [6.07, 6.45) is 0. The van der Waals surface area contributed by atoms with Crippen molar-refractivity contribution < 1.29 is 9.53 Å². The zero-order chi connectivity index (χ0) is 14.5. The van der Waals surface area contributed by atoms with Crippen LogP contribution < -0.4 is 5.73 Å². The molecule has 0 unspecified atom stereocenters. The summed E-state index contributed by atoms with van der Waals surface area (Å²) in [5, 5.41) is 2.80. The van der Waals surface area contributed by atoms with E-state index in [1.807, 2.05) is 12.3 Å². The maximum atomic E-state index is 11.5. The number of nitrogen functional groups attached to an aromatic ring is 1. The summed E-state index contributed by atoms with van der Waals surface area (Å²) in [6, 6.07) is 1.71. The molecule has 8 heteroatoms. The van der Waals surface area contributed by atoms with Crippen molar-refractivity contribution in [1.29, 1.82) is 0 Å². The van der Waals surface area contributed by atoms with Crippen LogP contribution in [0.25, 0.3) is 0 Å². The lowest BCUT2D eigenvalue weighted by atomic mass is 10.4. The van der Waals surface area contributed by atoms with Gasteiger partial charge in [0.15, 0.2) is 5.16 Å². The normalized spacial score (nSPS) is 10.5. The molecule has 0 saturated carbocycles. The van der Waals surface area contributed by atoms with E-state index in [2.05, 4.69) is 15.0 Å². The summed E-state index contributed by atoms with van der Waals surface area (Å²) in [5.41, 5.74) is 7.29. The number of anilines is 1. The molecule has 2 heterocycles. The van der Waals surface area contributed by atoms with E-state index in [0.717, 1.165) is 11.4 Å². The fourth-order valence-corrected chi connectivity index (χ4v) is 3.05. The zero-order valence-corrected chi connectivity index (χ0v) is 12.8. The second kappa shape index (κ2) is 6.67. The van der Waals surface area contributed by atoms with Crippen LogP contribution >= 0.6 is 23.1 Å². The number of esters is 1. The number of rotatable bonds is 5. The summed E-state index contributed by atoms with van der Waals surface area (Å²) in [5.74, 6) is 0.647. The van der Waals surface area contributed by atoms with E-state index in [9.17, 15) is 4.79 Å². The van der Waals surface area contributed by atoms with Crippen molar-refractivity contribution in [1.82, 2.24) is 15.0 Å². The van der Waals surface area contributed by atoms with Gasteiger partial charge in [-0.05, 0) is 13.8 Å². The first-order valence-electron chi connectivity index (χ1n) is 5.94. The monoisotopic (exact) mass is 310 g/mol. The second-order valence-electron chi connectivity index (χ2n) is 3.87. The lowest BCUT2D eigenvalue weighted by Gasteiger charge is -2.01. The Morgan fingerprint density at radius 1 is 1.45 bits per heavy atom. The highest BCUT2D eigenvalue weighted by Gasteiger charge is 2.12. The molecule has 0 fully saturated rings. The van der Waals surface area contributed by atoms with Crippen LogP contribution in [-0.2, 0) is 10.5 Å². The van der Waals surface area contributed by atoms with Crippen molar-refractivity contribution >= 4 is 34.9 Å². The number of thiazole rings is 1. The van der Waals surface area contributed by atoms with E-state index < -0.39 is 0 Å². The first-order chi connectivity index (χ1) is 9.58. The highest BCUT2D eigenvalue weighted by molar-refractivity contribution is 7.98. The molecule has 0 aromatic carbocycles. The molecule has 2 aromatic rings. The second-order valence-corrected chi connectivity index (χ2v) is 5.67. The van der Waals surface area contributed by atoms with Gasteiger partial charge >= 0.3 is 5.97 Å². The molecule has 2 aromatic heterocycles. The van der Waals surface area contributed by atoms with E-state index in [0.29, 0.717) is 28.3 Å². The smallest absolute Gasteiger partial charge is 0.367 e. The highest BCUT2D eigenvalue weighted by Crippen LogP contribution is 2.22. The average molecular weight is 310 g/mol. The number of hydrogen-bond donors (Lipinski definition) is 1. The molecule has 6 nitrogen and oxygen atoms in total. The van der Waals surface area contributed by atoms with Gasteiger partial charge in [0.05, 0.1) is 12.3 Å². The molecule has 2 N–H and O–H groups in total. The topological polar surface area (TPSA) is 91.0 Å². The summed E-state index contributed by atoms with van der Waals surface area (Å²) in [4.78, 5) is 24.1. The molecule has 0 saturated heterocycles. The molecule has 106 valence electrons. The van der Waals surface area contributed by atoms with Gasteiger partial charge in [0.1, 0.15) is 5.82 Å². The molecule has 0 radical (unpaired) electrons. The molecule has 0 spiro atoms. The minimum Gasteiger partial charge on any atom is -0.461 e. The van der Waals surface area contributed by atoms with Crippen molar-refractivity contribution in [2.45, 2.75) is 24.8 Å². The Morgan fingerprint density at radius 3 is 2.95 bits per heavy atom. The van der Waals surface area contributed by atoms with Gasteiger partial charge in [0.2, 0.25) is 5.01 Å². The van der Waals surface area contributed by atoms with Crippen LogP contribution in [0.15, 0.2) is 16.6 Å². The third kappa shape index (κ3) is 3.91. The fourth-order valence-electron chi connectivity index (χ4n) is 1.43. The molecule has 0 bridgehead atoms. The summed E-state index contributed by atoms with van der Waals surface area (Å²) in [6.45, 7) is 3.98. The fraction of sp³-hybridized carbons (Fsp3) is 0.333. The molecule has 20 heavy (non-hydrogen) atoms. The van der Waals surface area contributed by atoms with Crippen LogP contribution in [0.2, 0.25) is 0 Å². The van der Waals surface area contributed by atoms with Gasteiger partial charge in [-0.25, -0.2) is 19.7 Å². The molecule has 0 aliphatic carbocycles. The Balaban J connectivity index is 1.99. The molecule has 0 aliphatic rings. The number of hydrogen-bond acceptors (Lipinski definition) is 8. The quantitative estimate of drug-likeness (QED) is 0.514. The number of carbonyl (C=O) groups excluding carboxylic acids is 1.